The summed E-state index contributed by atoms with van der Waals surface area (Å²) in [6.45, 7) is 3.94. The molecule has 3 nitrogen and oxygen atoms in total. The predicted molar refractivity (Wildman–Crippen MR) is 88.3 cm³/mol. The zero-order valence-electron chi connectivity index (χ0n) is 12.9. The van der Waals surface area contributed by atoms with Gasteiger partial charge in [-0.2, -0.15) is 0 Å². The van der Waals surface area contributed by atoms with E-state index in [1.54, 1.807) is 6.26 Å². The molecule has 2 heterocycles. The van der Waals surface area contributed by atoms with Gasteiger partial charge < -0.3 is 14.6 Å². The predicted octanol–water partition coefficient (Wildman–Crippen LogP) is 3.81. The van der Waals surface area contributed by atoms with Crippen molar-refractivity contribution in [1.29, 1.82) is 0 Å². The standard InChI is InChI=1S/C18H24N2O/c1-3-21-10-8-14-6-7-18-17(11-14)15(13-19-18)12-16-5-4-9-20(16)2/h6-8,10-11,13,16,19H,3-5,9,12H2,1-2H3/t16-/m1/s1. The summed E-state index contributed by atoms with van der Waals surface area (Å²) in [5.74, 6) is 0. The van der Waals surface area contributed by atoms with E-state index in [0.717, 1.165) is 6.42 Å². The number of benzene rings is 1. The van der Waals surface area contributed by atoms with Crippen LogP contribution in [-0.2, 0) is 11.2 Å². The molecule has 1 atom stereocenters. The molecule has 0 radical (unpaired) electrons. The number of nitrogens with zero attached hydrogens (tertiary/aromatic N) is 1. The number of nitrogens with one attached hydrogen (secondary N) is 1. The van der Waals surface area contributed by atoms with Gasteiger partial charge in [-0.15, -0.1) is 0 Å². The van der Waals surface area contributed by atoms with Gasteiger partial charge in [-0.05, 0) is 69.1 Å². The molecule has 1 N–H and O–H groups in total. The number of aromatic amines is 1. The van der Waals surface area contributed by atoms with Crippen LogP contribution in [0.15, 0.2) is 30.7 Å². The lowest BCUT2D eigenvalue weighted by molar-refractivity contribution is 0.272. The van der Waals surface area contributed by atoms with Crippen LogP contribution in [0.5, 0.6) is 0 Å². The molecule has 0 saturated carbocycles. The van der Waals surface area contributed by atoms with Gasteiger partial charge in [-0.3, -0.25) is 0 Å². The van der Waals surface area contributed by atoms with Crippen molar-refractivity contribution in [3.63, 3.8) is 0 Å². The van der Waals surface area contributed by atoms with Crippen LogP contribution in [0.3, 0.4) is 0 Å². The first-order valence-electron chi connectivity index (χ1n) is 7.86. The van der Waals surface area contributed by atoms with Crippen molar-refractivity contribution in [1.82, 2.24) is 9.88 Å². The van der Waals surface area contributed by atoms with E-state index in [2.05, 4.69) is 41.3 Å². The summed E-state index contributed by atoms with van der Waals surface area (Å²) in [4.78, 5) is 5.88. The minimum Gasteiger partial charge on any atom is -0.501 e. The van der Waals surface area contributed by atoms with E-state index < -0.39 is 0 Å². The number of likely N-dealkylation sites (tertiary alicyclic amines) is 1. The molecule has 21 heavy (non-hydrogen) atoms. The highest BCUT2D eigenvalue weighted by molar-refractivity contribution is 5.85. The Morgan fingerprint density at radius 3 is 3.10 bits per heavy atom. The molecule has 1 aromatic heterocycles. The smallest absolute Gasteiger partial charge is 0.0845 e. The van der Waals surface area contributed by atoms with Crippen molar-refractivity contribution < 1.29 is 4.74 Å². The number of rotatable bonds is 5. The Balaban J connectivity index is 1.83. The largest absolute Gasteiger partial charge is 0.501 e. The number of hydrogen-bond acceptors (Lipinski definition) is 2. The first kappa shape index (κ1) is 14.2. The summed E-state index contributed by atoms with van der Waals surface area (Å²) in [5.41, 5.74) is 3.84. The quantitative estimate of drug-likeness (QED) is 0.846. The lowest BCUT2D eigenvalue weighted by Gasteiger charge is -2.18. The van der Waals surface area contributed by atoms with Crippen LogP contribution < -0.4 is 0 Å². The molecule has 1 aliphatic rings. The number of fused-ring (bicyclic) bond motifs is 1. The Hall–Kier alpha value is -1.74. The van der Waals surface area contributed by atoms with Crippen LogP contribution >= 0.6 is 0 Å². The summed E-state index contributed by atoms with van der Waals surface area (Å²) < 4.78 is 5.29. The van der Waals surface area contributed by atoms with Gasteiger partial charge >= 0.3 is 0 Å². The second-order valence-corrected chi connectivity index (χ2v) is 5.86. The van der Waals surface area contributed by atoms with E-state index in [4.69, 9.17) is 4.74 Å². The third-order valence-corrected chi connectivity index (χ3v) is 4.44. The van der Waals surface area contributed by atoms with Gasteiger partial charge in [0.15, 0.2) is 0 Å². The SMILES string of the molecule is CCOC=Cc1ccc2[nH]cc(C[C@H]3CCCN3C)c2c1. The molecule has 0 amide bonds. The molecule has 0 aliphatic carbocycles. The van der Waals surface area contributed by atoms with E-state index in [-0.39, 0.29) is 0 Å². The molecule has 3 heteroatoms. The third-order valence-electron chi connectivity index (χ3n) is 4.44. The number of ether oxygens (including phenoxy) is 1. The molecule has 3 rings (SSSR count). The van der Waals surface area contributed by atoms with Gasteiger partial charge in [0.05, 0.1) is 12.9 Å². The van der Waals surface area contributed by atoms with Gasteiger partial charge in [0.25, 0.3) is 0 Å². The summed E-state index contributed by atoms with van der Waals surface area (Å²) in [5, 5.41) is 1.34. The van der Waals surface area contributed by atoms with Crippen LogP contribution in [-0.4, -0.2) is 36.1 Å². The molecule has 2 aromatic rings. The van der Waals surface area contributed by atoms with Crippen LogP contribution in [0.4, 0.5) is 0 Å². The van der Waals surface area contributed by atoms with E-state index >= 15 is 0 Å². The Morgan fingerprint density at radius 1 is 1.43 bits per heavy atom. The van der Waals surface area contributed by atoms with Crippen molar-refractivity contribution in [2.24, 2.45) is 0 Å². The van der Waals surface area contributed by atoms with Crippen molar-refractivity contribution in [2.45, 2.75) is 32.2 Å². The van der Waals surface area contributed by atoms with Gasteiger partial charge in [0, 0.05) is 23.1 Å². The van der Waals surface area contributed by atoms with Crippen LogP contribution in [0.2, 0.25) is 0 Å². The van der Waals surface area contributed by atoms with Gasteiger partial charge in [-0.25, -0.2) is 0 Å². The van der Waals surface area contributed by atoms with E-state index in [9.17, 15) is 0 Å². The fraction of sp³-hybridized carbons (Fsp3) is 0.444. The minimum atomic E-state index is 0.687. The van der Waals surface area contributed by atoms with Gasteiger partial charge in [0.2, 0.25) is 0 Å². The molecular weight excluding hydrogens is 260 g/mol. The average Bonchev–Trinajstić information content (AvgIpc) is 3.07. The fourth-order valence-electron chi connectivity index (χ4n) is 3.18. The Kier molecular flexibility index (Phi) is 4.30. The monoisotopic (exact) mass is 284 g/mol. The van der Waals surface area contributed by atoms with E-state index in [1.807, 2.05) is 13.0 Å². The summed E-state index contributed by atoms with van der Waals surface area (Å²) >= 11 is 0. The third kappa shape index (κ3) is 3.13. The average molecular weight is 284 g/mol. The molecule has 0 bridgehead atoms. The lowest BCUT2D eigenvalue weighted by atomic mass is 10.0. The second kappa shape index (κ2) is 6.35. The topological polar surface area (TPSA) is 28.3 Å². The van der Waals surface area contributed by atoms with Crippen LogP contribution in [0.1, 0.15) is 30.9 Å². The maximum absolute atomic E-state index is 5.29. The van der Waals surface area contributed by atoms with Crippen molar-refractivity contribution in [2.75, 3.05) is 20.2 Å². The summed E-state index contributed by atoms with van der Waals surface area (Å²) in [6, 6.07) is 7.22. The zero-order chi connectivity index (χ0) is 14.7. The van der Waals surface area contributed by atoms with E-state index in [0.29, 0.717) is 12.6 Å². The number of likely N-dealkylation sites (N-methyl/N-ethyl adjacent to an activating group) is 1. The second-order valence-electron chi connectivity index (χ2n) is 5.86. The van der Waals surface area contributed by atoms with Gasteiger partial charge in [-0.1, -0.05) is 6.07 Å². The maximum atomic E-state index is 5.29. The highest BCUT2D eigenvalue weighted by atomic mass is 16.5. The highest BCUT2D eigenvalue weighted by Crippen LogP contribution is 2.25. The number of hydrogen-bond donors (Lipinski definition) is 1. The minimum absolute atomic E-state index is 0.687. The molecule has 1 saturated heterocycles. The normalized spacial score (nSPS) is 19.8. The van der Waals surface area contributed by atoms with Crippen LogP contribution in [0, 0.1) is 0 Å². The number of aromatic nitrogens is 1. The summed E-state index contributed by atoms with van der Waals surface area (Å²) in [7, 11) is 2.24. The fourth-order valence-corrected chi connectivity index (χ4v) is 3.18. The Bertz CT molecular complexity index is 629. The molecule has 1 fully saturated rings. The molecule has 1 aliphatic heterocycles. The zero-order valence-corrected chi connectivity index (χ0v) is 12.9. The first-order chi connectivity index (χ1) is 10.3. The molecule has 112 valence electrons. The number of H-pyrrole nitrogens is 1. The molecule has 1 aromatic carbocycles. The maximum Gasteiger partial charge on any atom is 0.0845 e. The van der Waals surface area contributed by atoms with Crippen molar-refractivity contribution >= 4 is 17.0 Å². The van der Waals surface area contributed by atoms with Crippen LogP contribution in [0.25, 0.3) is 17.0 Å². The van der Waals surface area contributed by atoms with Crippen molar-refractivity contribution in [3.05, 3.63) is 41.8 Å². The molecule has 0 spiro atoms. The van der Waals surface area contributed by atoms with Crippen molar-refractivity contribution in [3.8, 4) is 0 Å². The molecular formula is C18H24N2O. The summed E-state index contributed by atoms with van der Waals surface area (Å²) in [6.07, 6.45) is 9.75. The Labute approximate surface area is 126 Å². The Morgan fingerprint density at radius 2 is 2.33 bits per heavy atom. The lowest BCUT2D eigenvalue weighted by Crippen LogP contribution is -2.26. The highest BCUT2D eigenvalue weighted by Gasteiger charge is 2.22. The van der Waals surface area contributed by atoms with E-state index in [1.165, 1.54) is 41.4 Å². The first-order valence-corrected chi connectivity index (χ1v) is 7.86. The molecule has 0 unspecified atom stereocenters. The van der Waals surface area contributed by atoms with Gasteiger partial charge in [0.1, 0.15) is 0 Å².